The molecule has 0 saturated carbocycles. The van der Waals surface area contributed by atoms with E-state index >= 15 is 0 Å². The Morgan fingerprint density at radius 1 is 0.933 bits per heavy atom. The summed E-state index contributed by atoms with van der Waals surface area (Å²) < 4.78 is 84.8. The summed E-state index contributed by atoms with van der Waals surface area (Å²) in [4.78, 5) is 10.9. The normalized spacial score (nSPS) is 17.6. The number of carboxylic acids is 1. The number of sulfone groups is 1. The van der Waals surface area contributed by atoms with E-state index in [1.165, 1.54) is 48.5 Å². The maximum absolute atomic E-state index is 14.6. The number of aliphatic carboxylic acids is 1. The zero-order valence-corrected chi connectivity index (χ0v) is 26.9. The molecule has 1 fully saturated rings. The van der Waals surface area contributed by atoms with Gasteiger partial charge in [0, 0.05) is 37.1 Å². The summed E-state index contributed by atoms with van der Waals surface area (Å²) >= 11 is 0. The van der Waals surface area contributed by atoms with E-state index < -0.39 is 67.3 Å². The predicted molar refractivity (Wildman–Crippen MR) is 165 cm³/mol. The fourth-order valence-electron chi connectivity index (χ4n) is 5.86. The Kier molecular flexibility index (Phi) is 10.5. The summed E-state index contributed by atoms with van der Waals surface area (Å²) in [6.07, 6.45) is -2.04. The van der Waals surface area contributed by atoms with Crippen molar-refractivity contribution in [3.63, 3.8) is 0 Å². The highest BCUT2D eigenvalue weighted by atomic mass is 32.2. The van der Waals surface area contributed by atoms with Gasteiger partial charge in [0.05, 0.1) is 29.6 Å². The Morgan fingerprint density at radius 3 is 1.98 bits per heavy atom. The first-order valence-corrected chi connectivity index (χ1v) is 17.9. The van der Waals surface area contributed by atoms with E-state index in [-0.39, 0.29) is 49.4 Å². The van der Waals surface area contributed by atoms with Gasteiger partial charge in [-0.1, -0.05) is 26.0 Å². The number of sulfonamides is 1. The maximum atomic E-state index is 14.6. The first-order chi connectivity index (χ1) is 21.0. The molecule has 0 aliphatic carbocycles. The molecule has 246 valence electrons. The molecule has 1 aromatic heterocycles. The van der Waals surface area contributed by atoms with Crippen LogP contribution in [0, 0.1) is 11.6 Å². The van der Waals surface area contributed by atoms with Crippen molar-refractivity contribution in [1.29, 1.82) is 0 Å². The lowest BCUT2D eigenvalue weighted by Crippen LogP contribution is -2.32. The fraction of sp³-hybridized carbons (Fsp3) is 0.452. The summed E-state index contributed by atoms with van der Waals surface area (Å²) in [5.41, 5.74) is 1.71. The van der Waals surface area contributed by atoms with Gasteiger partial charge in [0.2, 0.25) is 10.0 Å². The second-order valence-electron chi connectivity index (χ2n) is 11.8. The van der Waals surface area contributed by atoms with Crippen LogP contribution in [0.2, 0.25) is 0 Å². The number of carbonyl (C=O) groups is 1. The molecule has 1 saturated heterocycles. The van der Waals surface area contributed by atoms with Crippen LogP contribution in [-0.2, 0) is 31.2 Å². The number of nitrogens with zero attached hydrogens (tertiary/aromatic N) is 2. The molecule has 1 aliphatic heterocycles. The molecule has 3 atom stereocenters. The number of carboxylic acid groups (broad SMARTS) is 1. The monoisotopic (exact) mass is 668 g/mol. The quantitative estimate of drug-likeness (QED) is 0.247. The van der Waals surface area contributed by atoms with Crippen molar-refractivity contribution in [2.75, 3.05) is 19.3 Å². The highest BCUT2D eigenvalue weighted by Crippen LogP contribution is 2.46. The van der Waals surface area contributed by atoms with E-state index in [1.807, 2.05) is 0 Å². The second-order valence-corrected chi connectivity index (χ2v) is 16.0. The topological polar surface area (TPSA) is 154 Å². The summed E-state index contributed by atoms with van der Waals surface area (Å²) in [6, 6.07) is 10.7. The lowest BCUT2D eigenvalue weighted by molar-refractivity contribution is -0.139. The van der Waals surface area contributed by atoms with Crippen LogP contribution in [-0.4, -0.2) is 83.8 Å². The lowest BCUT2D eigenvalue weighted by atomic mass is 10.00. The van der Waals surface area contributed by atoms with Gasteiger partial charge in [0.1, 0.15) is 16.5 Å². The van der Waals surface area contributed by atoms with Crippen LogP contribution in [0.4, 0.5) is 8.78 Å². The molecule has 0 radical (unpaired) electrons. The number of benzene rings is 2. The number of halogens is 2. The Bertz CT molecular complexity index is 1740. The van der Waals surface area contributed by atoms with Gasteiger partial charge in [0.25, 0.3) is 0 Å². The molecule has 0 amide bonds. The Balaban J connectivity index is 1.97. The largest absolute Gasteiger partial charge is 0.481 e. The fourth-order valence-corrected chi connectivity index (χ4v) is 9.00. The number of rotatable bonds is 13. The van der Waals surface area contributed by atoms with Crippen LogP contribution in [0.15, 0.2) is 53.4 Å². The molecule has 3 aromatic rings. The molecule has 1 aliphatic rings. The SMILES string of the molecule is CC(C)c1c(S(=O)(=O)N2CCC(S(C)(=O)=O)C2)c(-c2ccc(F)cc2)c(-c2ccc(F)cc2)n1CCC(O)CC(O)CC(=O)O. The van der Waals surface area contributed by atoms with E-state index in [9.17, 15) is 40.6 Å². The summed E-state index contributed by atoms with van der Waals surface area (Å²) in [6.45, 7) is 3.32. The van der Waals surface area contributed by atoms with Gasteiger partial charge in [-0.25, -0.2) is 25.6 Å². The van der Waals surface area contributed by atoms with Crippen LogP contribution < -0.4 is 0 Å². The zero-order chi connectivity index (χ0) is 33.3. The summed E-state index contributed by atoms with van der Waals surface area (Å²) in [5.74, 6) is -2.73. The third kappa shape index (κ3) is 7.80. The summed E-state index contributed by atoms with van der Waals surface area (Å²) in [7, 11) is -7.90. The zero-order valence-electron chi connectivity index (χ0n) is 25.2. The van der Waals surface area contributed by atoms with Gasteiger partial charge < -0.3 is 19.9 Å². The first-order valence-electron chi connectivity index (χ1n) is 14.6. The molecule has 45 heavy (non-hydrogen) atoms. The van der Waals surface area contributed by atoms with Crippen molar-refractivity contribution < 1.29 is 45.7 Å². The van der Waals surface area contributed by atoms with Crippen LogP contribution in [0.1, 0.15) is 51.1 Å². The van der Waals surface area contributed by atoms with Crippen molar-refractivity contribution >= 4 is 25.8 Å². The standard InChI is InChI=1S/C31H38F2N2O8S2/c1-19(2)29-31(45(42,43)34-14-13-26(18-34)44(3,40)41)28(20-4-8-22(32)9-5-20)30(21-6-10-23(33)11-7-21)35(29)15-12-24(36)16-25(37)17-27(38)39/h4-11,19,24-26,36-37H,12-18H2,1-3H3,(H,38,39). The van der Waals surface area contributed by atoms with Crippen LogP contribution in [0.5, 0.6) is 0 Å². The lowest BCUT2D eigenvalue weighted by Gasteiger charge is -2.21. The molecule has 3 unspecified atom stereocenters. The Hall–Kier alpha value is -3.17. The highest BCUT2D eigenvalue weighted by Gasteiger charge is 2.42. The van der Waals surface area contributed by atoms with Gasteiger partial charge in [-0.2, -0.15) is 4.31 Å². The molecular weight excluding hydrogens is 630 g/mol. The van der Waals surface area contributed by atoms with Gasteiger partial charge in [-0.05, 0) is 72.7 Å². The third-order valence-electron chi connectivity index (χ3n) is 8.01. The minimum atomic E-state index is -4.37. The number of aliphatic hydroxyl groups excluding tert-OH is 2. The Labute approximate surface area is 261 Å². The van der Waals surface area contributed by atoms with E-state index in [0.29, 0.717) is 22.5 Å². The van der Waals surface area contributed by atoms with Crippen LogP contribution >= 0.6 is 0 Å². The number of hydrogen-bond donors (Lipinski definition) is 3. The Morgan fingerprint density at radius 2 is 1.49 bits per heavy atom. The van der Waals surface area contributed by atoms with Crippen molar-refractivity contribution in [1.82, 2.24) is 8.87 Å². The van der Waals surface area contributed by atoms with Gasteiger partial charge in [-0.15, -0.1) is 0 Å². The van der Waals surface area contributed by atoms with E-state index in [2.05, 4.69) is 0 Å². The second kappa shape index (κ2) is 13.7. The first kappa shape index (κ1) is 34.7. The minimum absolute atomic E-state index is 0.00147. The highest BCUT2D eigenvalue weighted by molar-refractivity contribution is 7.91. The third-order valence-corrected chi connectivity index (χ3v) is 11.5. The smallest absolute Gasteiger partial charge is 0.305 e. The molecule has 14 heteroatoms. The number of aliphatic hydroxyl groups is 2. The average molecular weight is 669 g/mol. The number of aromatic nitrogens is 1. The van der Waals surface area contributed by atoms with Gasteiger partial charge in [0.15, 0.2) is 9.84 Å². The van der Waals surface area contributed by atoms with Crippen LogP contribution in [0.3, 0.4) is 0 Å². The van der Waals surface area contributed by atoms with Crippen LogP contribution in [0.25, 0.3) is 22.4 Å². The van der Waals surface area contributed by atoms with Crippen molar-refractivity contribution in [2.24, 2.45) is 0 Å². The molecule has 10 nitrogen and oxygen atoms in total. The molecular formula is C31H38F2N2O8S2. The van der Waals surface area contributed by atoms with E-state index in [1.54, 1.807) is 18.4 Å². The number of hydrogen-bond acceptors (Lipinski definition) is 7. The molecule has 2 heterocycles. The molecule has 4 rings (SSSR count). The average Bonchev–Trinajstić information content (AvgIpc) is 3.57. The van der Waals surface area contributed by atoms with E-state index in [0.717, 1.165) is 10.6 Å². The molecule has 3 N–H and O–H groups in total. The summed E-state index contributed by atoms with van der Waals surface area (Å²) in [5, 5.41) is 28.9. The van der Waals surface area contributed by atoms with Gasteiger partial charge in [-0.3, -0.25) is 4.79 Å². The molecule has 0 bridgehead atoms. The minimum Gasteiger partial charge on any atom is -0.481 e. The van der Waals surface area contributed by atoms with Crippen molar-refractivity contribution in [3.05, 3.63) is 65.9 Å². The van der Waals surface area contributed by atoms with E-state index in [4.69, 9.17) is 5.11 Å². The van der Waals surface area contributed by atoms with Crippen molar-refractivity contribution in [2.45, 2.75) is 74.3 Å². The maximum Gasteiger partial charge on any atom is 0.305 e. The predicted octanol–water partition coefficient (Wildman–Crippen LogP) is 4.01. The van der Waals surface area contributed by atoms with Gasteiger partial charge >= 0.3 is 5.97 Å². The molecule has 2 aromatic carbocycles. The molecule has 0 spiro atoms. The van der Waals surface area contributed by atoms with Crippen molar-refractivity contribution in [3.8, 4) is 22.4 Å².